The first-order valence-electron chi connectivity index (χ1n) is 6.49. The van der Waals surface area contributed by atoms with Crippen molar-refractivity contribution in [1.29, 1.82) is 5.26 Å². The molecule has 2 N–H and O–H groups in total. The predicted octanol–water partition coefficient (Wildman–Crippen LogP) is 2.42. The van der Waals surface area contributed by atoms with E-state index in [0.29, 0.717) is 6.07 Å². The normalized spacial score (nSPS) is 11.9. The van der Waals surface area contributed by atoms with Gasteiger partial charge in [0, 0.05) is 13.1 Å². The Morgan fingerprint density at radius 2 is 2.00 bits per heavy atom. The maximum Gasteiger partial charge on any atom is 0.433 e. The number of halogens is 3. The molecule has 24 heavy (non-hydrogen) atoms. The highest BCUT2D eigenvalue weighted by Crippen LogP contribution is 2.29. The Morgan fingerprint density at radius 3 is 2.58 bits per heavy atom. The van der Waals surface area contributed by atoms with E-state index >= 15 is 0 Å². The molecule has 0 saturated carbocycles. The van der Waals surface area contributed by atoms with Gasteiger partial charge in [-0.25, -0.2) is 18.1 Å². The molecular weight excluding hydrogens is 365 g/mol. The maximum absolute atomic E-state index is 12.6. The monoisotopic (exact) mass is 376 g/mol. The lowest BCUT2D eigenvalue weighted by atomic mass is 10.2. The lowest BCUT2D eigenvalue weighted by Crippen LogP contribution is -2.28. The average molecular weight is 376 g/mol. The van der Waals surface area contributed by atoms with Crippen molar-refractivity contribution in [2.75, 3.05) is 18.4 Å². The van der Waals surface area contributed by atoms with Crippen LogP contribution in [0.1, 0.15) is 11.3 Å². The number of nitrogens with one attached hydrogen (secondary N) is 2. The van der Waals surface area contributed by atoms with E-state index in [1.807, 2.05) is 0 Å². The average Bonchev–Trinajstić information content (AvgIpc) is 3.05. The van der Waals surface area contributed by atoms with Crippen LogP contribution in [0.25, 0.3) is 0 Å². The smallest absolute Gasteiger partial charge is 0.368 e. The van der Waals surface area contributed by atoms with Crippen LogP contribution < -0.4 is 10.0 Å². The Hall–Kier alpha value is -2.16. The van der Waals surface area contributed by atoms with E-state index in [9.17, 15) is 21.6 Å². The molecule has 0 atom stereocenters. The van der Waals surface area contributed by atoms with Gasteiger partial charge < -0.3 is 5.32 Å². The summed E-state index contributed by atoms with van der Waals surface area (Å²) < 4.78 is 64.1. The van der Waals surface area contributed by atoms with Crippen LogP contribution in [0.15, 0.2) is 33.9 Å². The van der Waals surface area contributed by atoms with E-state index in [4.69, 9.17) is 5.26 Å². The summed E-state index contributed by atoms with van der Waals surface area (Å²) in [7, 11) is -3.66. The van der Waals surface area contributed by atoms with E-state index < -0.39 is 21.9 Å². The van der Waals surface area contributed by atoms with Gasteiger partial charge >= 0.3 is 6.18 Å². The Kier molecular flexibility index (Phi) is 5.43. The molecule has 0 radical (unpaired) electrons. The molecule has 0 aliphatic rings. The first kappa shape index (κ1) is 18.2. The largest absolute Gasteiger partial charge is 0.433 e. The predicted molar refractivity (Wildman–Crippen MR) is 82.0 cm³/mol. The van der Waals surface area contributed by atoms with Crippen LogP contribution in [0.4, 0.5) is 19.0 Å². The van der Waals surface area contributed by atoms with Crippen LogP contribution >= 0.6 is 11.3 Å². The molecular formula is C13H11F3N4O2S2. The Bertz CT molecular complexity index is 843. The van der Waals surface area contributed by atoms with Crippen molar-refractivity contribution in [1.82, 2.24) is 9.71 Å². The topological polar surface area (TPSA) is 94.9 Å². The third-order valence-corrected chi connectivity index (χ3v) is 5.63. The van der Waals surface area contributed by atoms with Crippen LogP contribution in [0.5, 0.6) is 0 Å². The second kappa shape index (κ2) is 7.16. The fourth-order valence-corrected chi connectivity index (χ4v) is 3.77. The first-order valence-corrected chi connectivity index (χ1v) is 8.86. The van der Waals surface area contributed by atoms with Crippen molar-refractivity contribution >= 4 is 27.2 Å². The highest BCUT2D eigenvalue weighted by molar-refractivity contribution is 7.91. The molecule has 2 heterocycles. The van der Waals surface area contributed by atoms with Gasteiger partial charge in [-0.15, -0.1) is 11.3 Å². The standard InChI is InChI=1S/C13H11F3N4O2S2/c14-13(15,16)10-4-3-9(8-17)12(20-10)18-5-6-19-24(21,22)11-2-1-7-23-11/h1-4,7,19H,5-6H2,(H,18,20). The molecule has 2 aromatic rings. The SMILES string of the molecule is N#Cc1ccc(C(F)(F)F)nc1NCCNS(=O)(=O)c1cccs1. The molecule has 6 nitrogen and oxygen atoms in total. The molecule has 0 bridgehead atoms. The van der Waals surface area contributed by atoms with Crippen molar-refractivity contribution in [3.8, 4) is 6.07 Å². The van der Waals surface area contributed by atoms with Crippen LogP contribution in [0.2, 0.25) is 0 Å². The Balaban J connectivity index is 2.01. The van der Waals surface area contributed by atoms with Gasteiger partial charge in [0.05, 0.1) is 5.56 Å². The van der Waals surface area contributed by atoms with Crippen molar-refractivity contribution in [2.24, 2.45) is 0 Å². The van der Waals surface area contributed by atoms with Crippen LogP contribution in [-0.4, -0.2) is 26.5 Å². The highest BCUT2D eigenvalue weighted by atomic mass is 32.2. The molecule has 0 aliphatic carbocycles. The Labute approximate surface area is 140 Å². The van der Waals surface area contributed by atoms with Crippen LogP contribution in [-0.2, 0) is 16.2 Å². The number of thiophene rings is 1. The quantitative estimate of drug-likeness (QED) is 0.755. The zero-order valence-corrected chi connectivity index (χ0v) is 13.6. The molecule has 0 saturated heterocycles. The number of nitriles is 1. The minimum Gasteiger partial charge on any atom is -0.368 e. The summed E-state index contributed by atoms with van der Waals surface area (Å²) in [6.45, 7) is -0.114. The van der Waals surface area contributed by atoms with Crippen molar-refractivity contribution in [3.05, 3.63) is 40.9 Å². The van der Waals surface area contributed by atoms with Gasteiger partial charge in [-0.3, -0.25) is 0 Å². The lowest BCUT2D eigenvalue weighted by molar-refractivity contribution is -0.141. The van der Waals surface area contributed by atoms with Gasteiger partial charge in [0.1, 0.15) is 21.8 Å². The number of aromatic nitrogens is 1. The number of nitrogens with zero attached hydrogens (tertiary/aromatic N) is 2. The first-order chi connectivity index (χ1) is 11.2. The van der Waals surface area contributed by atoms with E-state index in [1.54, 1.807) is 17.5 Å². The zero-order chi connectivity index (χ0) is 17.8. The third-order valence-electron chi connectivity index (χ3n) is 2.78. The number of pyridine rings is 1. The summed E-state index contributed by atoms with van der Waals surface area (Å²) in [6.07, 6.45) is -4.63. The van der Waals surface area contributed by atoms with E-state index in [2.05, 4.69) is 15.0 Å². The summed E-state index contributed by atoms with van der Waals surface area (Å²) >= 11 is 1.04. The fraction of sp³-hybridized carbons (Fsp3) is 0.231. The molecule has 0 unspecified atom stereocenters. The summed E-state index contributed by atoms with van der Waals surface area (Å²) in [5.74, 6) is -0.248. The minimum atomic E-state index is -4.63. The summed E-state index contributed by atoms with van der Waals surface area (Å²) in [4.78, 5) is 3.36. The van der Waals surface area contributed by atoms with Gasteiger partial charge in [0.2, 0.25) is 10.0 Å². The van der Waals surface area contributed by atoms with Crippen LogP contribution in [0, 0.1) is 11.3 Å². The fourth-order valence-electron chi connectivity index (χ4n) is 1.70. The number of rotatable bonds is 6. The molecule has 11 heteroatoms. The minimum absolute atomic E-state index is 0.0341. The summed E-state index contributed by atoms with van der Waals surface area (Å²) in [5, 5.41) is 13.0. The molecule has 0 fully saturated rings. The second-order valence-electron chi connectivity index (χ2n) is 4.46. The molecule has 0 aromatic carbocycles. The Morgan fingerprint density at radius 1 is 1.25 bits per heavy atom. The molecule has 2 aromatic heterocycles. The van der Waals surface area contributed by atoms with Crippen molar-refractivity contribution in [3.63, 3.8) is 0 Å². The van der Waals surface area contributed by atoms with E-state index in [-0.39, 0.29) is 28.7 Å². The number of anilines is 1. The lowest BCUT2D eigenvalue weighted by Gasteiger charge is -2.11. The molecule has 0 amide bonds. The second-order valence-corrected chi connectivity index (χ2v) is 7.40. The highest BCUT2D eigenvalue weighted by Gasteiger charge is 2.33. The van der Waals surface area contributed by atoms with Crippen LogP contribution in [0.3, 0.4) is 0 Å². The number of hydrogen-bond donors (Lipinski definition) is 2. The van der Waals surface area contributed by atoms with Gasteiger partial charge in [-0.05, 0) is 23.6 Å². The van der Waals surface area contributed by atoms with Gasteiger partial charge in [0.25, 0.3) is 0 Å². The maximum atomic E-state index is 12.6. The molecule has 128 valence electrons. The number of alkyl halides is 3. The van der Waals surface area contributed by atoms with Gasteiger partial charge in [-0.1, -0.05) is 6.07 Å². The zero-order valence-electron chi connectivity index (χ0n) is 12.0. The molecule has 0 aliphatic heterocycles. The number of hydrogen-bond acceptors (Lipinski definition) is 6. The summed E-state index contributed by atoms with van der Waals surface area (Å²) in [5.41, 5.74) is -1.20. The third kappa shape index (κ3) is 4.44. The van der Waals surface area contributed by atoms with Gasteiger partial charge in [0.15, 0.2) is 0 Å². The van der Waals surface area contributed by atoms with Crippen molar-refractivity contribution in [2.45, 2.75) is 10.4 Å². The van der Waals surface area contributed by atoms with Gasteiger partial charge in [-0.2, -0.15) is 18.4 Å². The van der Waals surface area contributed by atoms with E-state index in [1.165, 1.54) is 6.07 Å². The molecule has 0 spiro atoms. The summed E-state index contributed by atoms with van der Waals surface area (Å²) in [6, 6.07) is 6.46. The molecule has 2 rings (SSSR count). The number of sulfonamides is 1. The van der Waals surface area contributed by atoms with Crippen molar-refractivity contribution < 1.29 is 21.6 Å². The van der Waals surface area contributed by atoms with E-state index in [0.717, 1.165) is 17.4 Å².